The number of hydrogen-bond acceptors (Lipinski definition) is 4. The molecule has 1 saturated heterocycles. The Morgan fingerprint density at radius 2 is 1.89 bits per heavy atom. The lowest BCUT2D eigenvalue weighted by Crippen LogP contribution is -2.52. The Kier molecular flexibility index (Phi) is 8.61. The molecule has 0 unspecified atom stereocenters. The molecule has 1 heterocycles. The highest BCUT2D eigenvalue weighted by Gasteiger charge is 2.37. The molecule has 152 valence electrons. The predicted molar refractivity (Wildman–Crippen MR) is 101 cm³/mol. The topological polar surface area (TPSA) is 95.9 Å². The minimum absolute atomic E-state index is 0.0769. The average Bonchev–Trinajstić information content (AvgIpc) is 3.31. The highest BCUT2D eigenvalue weighted by Crippen LogP contribution is 2.22. The fourth-order valence-corrected chi connectivity index (χ4v) is 3.89. The molecule has 1 aliphatic heterocycles. The van der Waals surface area contributed by atoms with Gasteiger partial charge >= 0.3 is 12.1 Å². The molecular weight excluding hydrogens is 348 g/mol. The summed E-state index contributed by atoms with van der Waals surface area (Å²) in [6.07, 6.45) is 10.3. The molecule has 27 heavy (non-hydrogen) atoms. The zero-order chi connectivity index (χ0) is 19.6. The van der Waals surface area contributed by atoms with Gasteiger partial charge in [0.15, 0.2) is 0 Å². The van der Waals surface area contributed by atoms with E-state index in [0.717, 1.165) is 51.4 Å². The van der Waals surface area contributed by atoms with Crippen LogP contribution in [-0.4, -0.2) is 52.7 Å². The Bertz CT molecular complexity index is 530. The number of carboxylic acids is 1. The van der Waals surface area contributed by atoms with E-state index in [1.807, 2.05) is 6.08 Å². The second-order valence-corrected chi connectivity index (χ2v) is 7.46. The van der Waals surface area contributed by atoms with Gasteiger partial charge in [-0.15, -0.1) is 6.58 Å². The number of nitrogens with zero attached hydrogens (tertiary/aromatic N) is 1. The standard InChI is InChI=1S/C20H32N2O5/c1-2-3-4-5-6-12-16(21-20(26)27-15-10-7-8-11-15)18(23)22-14-9-13-17(22)19(24)25/h2,15-17H,1,3-14H2,(H,21,26)(H,24,25)/t16-,17-/m0/s1. The van der Waals surface area contributed by atoms with E-state index in [4.69, 9.17) is 4.74 Å². The molecule has 0 bridgehead atoms. The molecule has 0 aromatic heterocycles. The number of hydrogen-bond donors (Lipinski definition) is 2. The van der Waals surface area contributed by atoms with Gasteiger partial charge < -0.3 is 20.1 Å². The number of aliphatic carboxylic acids is 1. The smallest absolute Gasteiger partial charge is 0.408 e. The van der Waals surface area contributed by atoms with Crippen molar-refractivity contribution in [2.45, 2.75) is 88.8 Å². The number of rotatable bonds is 10. The average molecular weight is 380 g/mol. The van der Waals surface area contributed by atoms with Crippen molar-refractivity contribution in [1.82, 2.24) is 10.2 Å². The third-order valence-corrected chi connectivity index (χ3v) is 5.39. The van der Waals surface area contributed by atoms with E-state index in [2.05, 4.69) is 11.9 Å². The van der Waals surface area contributed by atoms with Crippen LogP contribution < -0.4 is 5.32 Å². The summed E-state index contributed by atoms with van der Waals surface area (Å²) in [7, 11) is 0. The van der Waals surface area contributed by atoms with E-state index in [9.17, 15) is 19.5 Å². The fourth-order valence-electron chi connectivity index (χ4n) is 3.89. The van der Waals surface area contributed by atoms with Crippen LogP contribution in [0.15, 0.2) is 12.7 Å². The molecule has 2 aliphatic rings. The van der Waals surface area contributed by atoms with Gasteiger partial charge in [0.2, 0.25) is 5.91 Å². The van der Waals surface area contributed by atoms with Gasteiger partial charge in [0.05, 0.1) is 0 Å². The second kappa shape index (κ2) is 10.9. The zero-order valence-corrected chi connectivity index (χ0v) is 16.0. The van der Waals surface area contributed by atoms with Crippen LogP contribution in [0.3, 0.4) is 0 Å². The summed E-state index contributed by atoms with van der Waals surface area (Å²) in [4.78, 5) is 38.0. The normalized spacial score (nSPS) is 21.0. The molecule has 2 atom stereocenters. The largest absolute Gasteiger partial charge is 0.480 e. The summed E-state index contributed by atoms with van der Waals surface area (Å²) in [5.74, 6) is -1.30. The van der Waals surface area contributed by atoms with Crippen molar-refractivity contribution in [1.29, 1.82) is 0 Å². The molecule has 1 saturated carbocycles. The van der Waals surface area contributed by atoms with E-state index >= 15 is 0 Å². The minimum Gasteiger partial charge on any atom is -0.480 e. The Hall–Kier alpha value is -2.05. The maximum Gasteiger partial charge on any atom is 0.408 e. The van der Waals surface area contributed by atoms with Gasteiger partial charge in [0, 0.05) is 6.54 Å². The maximum absolute atomic E-state index is 12.9. The van der Waals surface area contributed by atoms with E-state index in [-0.39, 0.29) is 12.0 Å². The third-order valence-electron chi connectivity index (χ3n) is 5.39. The summed E-state index contributed by atoms with van der Waals surface area (Å²) in [6.45, 7) is 4.12. The first-order chi connectivity index (χ1) is 13.0. The highest BCUT2D eigenvalue weighted by molar-refractivity contribution is 5.89. The van der Waals surface area contributed by atoms with E-state index in [1.54, 1.807) is 0 Å². The van der Waals surface area contributed by atoms with Gasteiger partial charge in [-0.3, -0.25) is 4.79 Å². The van der Waals surface area contributed by atoms with Gasteiger partial charge in [-0.25, -0.2) is 9.59 Å². The Balaban J connectivity index is 1.94. The Morgan fingerprint density at radius 3 is 2.56 bits per heavy atom. The van der Waals surface area contributed by atoms with Crippen LogP contribution in [0.25, 0.3) is 0 Å². The van der Waals surface area contributed by atoms with E-state index < -0.39 is 24.1 Å². The predicted octanol–water partition coefficient (Wildman–Crippen LogP) is 3.24. The van der Waals surface area contributed by atoms with E-state index in [1.165, 1.54) is 4.90 Å². The number of amides is 2. The van der Waals surface area contributed by atoms with E-state index in [0.29, 0.717) is 25.8 Å². The highest BCUT2D eigenvalue weighted by atomic mass is 16.6. The number of ether oxygens (including phenoxy) is 1. The van der Waals surface area contributed by atoms with Crippen LogP contribution in [0.4, 0.5) is 4.79 Å². The number of carbonyl (C=O) groups is 3. The molecule has 0 aromatic rings. The third kappa shape index (κ3) is 6.56. The van der Waals surface area contributed by atoms with Crippen molar-refractivity contribution in [3.63, 3.8) is 0 Å². The molecular formula is C20H32N2O5. The quantitative estimate of drug-likeness (QED) is 0.448. The second-order valence-electron chi connectivity index (χ2n) is 7.46. The molecule has 7 nitrogen and oxygen atoms in total. The van der Waals surface area contributed by atoms with Gasteiger partial charge in [-0.05, 0) is 57.8 Å². The molecule has 2 N–H and O–H groups in total. The van der Waals surface area contributed by atoms with Crippen molar-refractivity contribution < 1.29 is 24.2 Å². The molecule has 0 radical (unpaired) electrons. The van der Waals surface area contributed by atoms with Crippen molar-refractivity contribution in [2.24, 2.45) is 0 Å². The lowest BCUT2D eigenvalue weighted by atomic mass is 10.1. The number of carbonyl (C=O) groups excluding carboxylic acids is 2. The molecule has 2 amide bonds. The van der Waals surface area contributed by atoms with Gasteiger partial charge in [-0.1, -0.05) is 18.9 Å². The van der Waals surface area contributed by atoms with Crippen molar-refractivity contribution in [2.75, 3.05) is 6.54 Å². The van der Waals surface area contributed by atoms with Crippen LogP contribution in [0.5, 0.6) is 0 Å². The molecule has 0 aromatic carbocycles. The van der Waals surface area contributed by atoms with Gasteiger partial charge in [0.1, 0.15) is 18.2 Å². The van der Waals surface area contributed by atoms with Crippen LogP contribution in [-0.2, 0) is 14.3 Å². The zero-order valence-electron chi connectivity index (χ0n) is 16.0. The van der Waals surface area contributed by atoms with Crippen LogP contribution in [0.1, 0.15) is 70.6 Å². The first-order valence-corrected chi connectivity index (χ1v) is 10.1. The summed E-state index contributed by atoms with van der Waals surface area (Å²) in [6, 6.07) is -1.53. The molecule has 0 spiro atoms. The number of unbranched alkanes of at least 4 members (excludes halogenated alkanes) is 3. The van der Waals surface area contributed by atoms with Crippen molar-refractivity contribution >= 4 is 18.0 Å². The number of nitrogens with one attached hydrogen (secondary N) is 1. The van der Waals surface area contributed by atoms with Crippen molar-refractivity contribution in [3.05, 3.63) is 12.7 Å². The number of allylic oxidation sites excluding steroid dienone is 1. The first kappa shape index (κ1) is 21.3. The number of likely N-dealkylation sites (tertiary alicyclic amines) is 1. The Labute approximate surface area is 161 Å². The summed E-state index contributed by atoms with van der Waals surface area (Å²) in [5.41, 5.74) is 0. The maximum atomic E-state index is 12.9. The van der Waals surface area contributed by atoms with Crippen molar-refractivity contribution in [3.8, 4) is 0 Å². The molecule has 7 heteroatoms. The van der Waals surface area contributed by atoms with Crippen LogP contribution in [0.2, 0.25) is 0 Å². The minimum atomic E-state index is -0.987. The molecule has 2 rings (SSSR count). The summed E-state index contributed by atoms with van der Waals surface area (Å²) >= 11 is 0. The summed E-state index contributed by atoms with van der Waals surface area (Å²) in [5, 5.41) is 12.0. The lowest BCUT2D eigenvalue weighted by Gasteiger charge is -2.27. The molecule has 2 fully saturated rings. The number of carboxylic acid groups (broad SMARTS) is 1. The Morgan fingerprint density at radius 1 is 1.15 bits per heavy atom. The lowest BCUT2D eigenvalue weighted by molar-refractivity contribution is -0.149. The first-order valence-electron chi connectivity index (χ1n) is 10.1. The van der Waals surface area contributed by atoms with Gasteiger partial charge in [-0.2, -0.15) is 0 Å². The van der Waals surface area contributed by atoms with Crippen LogP contribution >= 0.6 is 0 Å². The SMILES string of the molecule is C=CCCCCC[C@H](NC(=O)OC1CCCC1)C(=O)N1CCC[C@H]1C(=O)O. The fraction of sp³-hybridized carbons (Fsp3) is 0.750. The molecule has 1 aliphatic carbocycles. The van der Waals surface area contributed by atoms with Gasteiger partial charge in [0.25, 0.3) is 0 Å². The van der Waals surface area contributed by atoms with Crippen LogP contribution in [0, 0.1) is 0 Å². The monoisotopic (exact) mass is 380 g/mol. The number of alkyl carbamates (subject to hydrolysis) is 1. The summed E-state index contributed by atoms with van der Waals surface area (Å²) < 4.78 is 5.42.